The van der Waals surface area contributed by atoms with E-state index in [1.807, 2.05) is 21.1 Å². The predicted molar refractivity (Wildman–Crippen MR) is 268 cm³/mol. The van der Waals surface area contributed by atoms with E-state index in [4.69, 9.17) is 18.5 Å². The molecule has 378 valence electrons. The standard InChI is InChI=1S/C54H104NO8P/c1-6-8-10-12-14-16-18-20-21-22-23-24-25-26-27-28-29-30-31-32-33-35-36-38-40-42-44-46-53(56)60-50-52(51-62-64(58,59)61-49-48-55(3,4)5)63-54(57)47-45-43-41-39-37-34-19-17-15-13-11-9-7-2/h11,13,17,19,52H,6-10,12,14-16,18,20-51H2,1-5H3/b13-11-,19-17-. The molecule has 0 saturated carbocycles. The lowest BCUT2D eigenvalue weighted by atomic mass is 10.0. The number of quaternary nitrogens is 1. The molecule has 0 spiro atoms. The van der Waals surface area contributed by atoms with E-state index in [1.165, 1.54) is 161 Å². The number of unbranched alkanes of at least 4 members (excludes halogenated alkanes) is 32. The second-order valence-electron chi connectivity index (χ2n) is 19.6. The molecular weight excluding hydrogens is 822 g/mol. The Morgan fingerprint density at radius 1 is 0.484 bits per heavy atom. The fourth-order valence-corrected chi connectivity index (χ4v) is 8.48. The van der Waals surface area contributed by atoms with Gasteiger partial charge in [0.05, 0.1) is 27.7 Å². The molecule has 0 bridgehead atoms. The number of carbonyl (C=O) groups is 2. The fraction of sp³-hybridized carbons (Fsp3) is 0.889. The van der Waals surface area contributed by atoms with Crippen molar-refractivity contribution in [1.29, 1.82) is 0 Å². The molecule has 0 N–H and O–H groups in total. The Balaban J connectivity index is 4.06. The van der Waals surface area contributed by atoms with Gasteiger partial charge in [-0.25, -0.2) is 0 Å². The number of hydrogen-bond donors (Lipinski definition) is 0. The molecular formula is C54H104NO8P. The number of ether oxygens (including phenoxy) is 2. The molecule has 0 amide bonds. The van der Waals surface area contributed by atoms with Crippen molar-refractivity contribution >= 4 is 19.8 Å². The Morgan fingerprint density at radius 2 is 0.875 bits per heavy atom. The van der Waals surface area contributed by atoms with Gasteiger partial charge in [0.1, 0.15) is 19.8 Å². The summed E-state index contributed by atoms with van der Waals surface area (Å²) in [7, 11) is 1.17. The highest BCUT2D eigenvalue weighted by Gasteiger charge is 2.21. The summed E-state index contributed by atoms with van der Waals surface area (Å²) in [5, 5.41) is 0. The molecule has 0 aromatic heterocycles. The van der Waals surface area contributed by atoms with Crippen molar-refractivity contribution in [3.63, 3.8) is 0 Å². The van der Waals surface area contributed by atoms with Crippen LogP contribution < -0.4 is 4.89 Å². The molecule has 0 aliphatic rings. The van der Waals surface area contributed by atoms with Gasteiger partial charge in [-0.2, -0.15) is 0 Å². The molecule has 0 radical (unpaired) electrons. The summed E-state index contributed by atoms with van der Waals surface area (Å²) >= 11 is 0. The predicted octanol–water partition coefficient (Wildman–Crippen LogP) is 15.6. The van der Waals surface area contributed by atoms with E-state index in [0.29, 0.717) is 17.4 Å². The summed E-state index contributed by atoms with van der Waals surface area (Å²) in [6, 6.07) is 0. The van der Waals surface area contributed by atoms with Crippen molar-refractivity contribution in [2.75, 3.05) is 47.5 Å². The lowest BCUT2D eigenvalue weighted by Crippen LogP contribution is -2.37. The smallest absolute Gasteiger partial charge is 0.306 e. The Labute approximate surface area is 396 Å². The molecule has 0 fully saturated rings. The van der Waals surface area contributed by atoms with Crippen LogP contribution in [0.15, 0.2) is 24.3 Å². The lowest BCUT2D eigenvalue weighted by Gasteiger charge is -2.28. The number of carbonyl (C=O) groups excluding carboxylic acids is 2. The molecule has 0 aliphatic carbocycles. The summed E-state index contributed by atoms with van der Waals surface area (Å²) < 4.78 is 34.0. The average Bonchev–Trinajstić information content (AvgIpc) is 3.25. The van der Waals surface area contributed by atoms with Gasteiger partial charge in [-0.3, -0.25) is 14.2 Å². The van der Waals surface area contributed by atoms with Crippen molar-refractivity contribution in [3.8, 4) is 0 Å². The Hall–Kier alpha value is -1.51. The zero-order valence-corrected chi connectivity index (χ0v) is 43.6. The van der Waals surface area contributed by atoms with E-state index in [1.54, 1.807) is 0 Å². The topological polar surface area (TPSA) is 111 Å². The molecule has 0 aromatic carbocycles. The number of rotatable bonds is 50. The Kier molecular flexibility index (Phi) is 45.5. The van der Waals surface area contributed by atoms with Crippen molar-refractivity contribution < 1.29 is 42.1 Å². The van der Waals surface area contributed by atoms with Gasteiger partial charge in [-0.05, 0) is 38.5 Å². The maximum absolute atomic E-state index is 12.7. The normalized spacial score (nSPS) is 13.5. The van der Waals surface area contributed by atoms with Crippen LogP contribution in [0.5, 0.6) is 0 Å². The summed E-state index contributed by atoms with van der Waals surface area (Å²) in [6.45, 7) is 4.19. The van der Waals surface area contributed by atoms with Crippen molar-refractivity contribution in [3.05, 3.63) is 24.3 Å². The van der Waals surface area contributed by atoms with Gasteiger partial charge in [0.15, 0.2) is 6.10 Å². The summed E-state index contributed by atoms with van der Waals surface area (Å²) in [4.78, 5) is 37.7. The van der Waals surface area contributed by atoms with Gasteiger partial charge >= 0.3 is 11.9 Å². The first-order valence-electron chi connectivity index (χ1n) is 27.0. The summed E-state index contributed by atoms with van der Waals surface area (Å²) in [6.07, 6.45) is 53.8. The largest absolute Gasteiger partial charge is 0.756 e. The van der Waals surface area contributed by atoms with Crippen LogP contribution in [-0.2, 0) is 32.7 Å². The van der Waals surface area contributed by atoms with Gasteiger partial charge in [0.2, 0.25) is 0 Å². The molecule has 0 aliphatic heterocycles. The van der Waals surface area contributed by atoms with Gasteiger partial charge in [-0.15, -0.1) is 0 Å². The molecule has 9 nitrogen and oxygen atoms in total. The van der Waals surface area contributed by atoms with Gasteiger partial charge in [0.25, 0.3) is 7.82 Å². The molecule has 10 heteroatoms. The van der Waals surface area contributed by atoms with Crippen LogP contribution in [0.3, 0.4) is 0 Å². The molecule has 0 rings (SSSR count). The van der Waals surface area contributed by atoms with Crippen LogP contribution in [0, 0.1) is 0 Å². The van der Waals surface area contributed by atoms with Crippen LogP contribution in [0.2, 0.25) is 0 Å². The van der Waals surface area contributed by atoms with Gasteiger partial charge < -0.3 is 27.9 Å². The monoisotopic (exact) mass is 926 g/mol. The van der Waals surface area contributed by atoms with Crippen molar-refractivity contribution in [2.24, 2.45) is 0 Å². The third kappa shape index (κ3) is 49.9. The fourth-order valence-electron chi connectivity index (χ4n) is 7.75. The number of phosphoric acid groups is 1. The molecule has 2 unspecified atom stereocenters. The highest BCUT2D eigenvalue weighted by atomic mass is 31.2. The van der Waals surface area contributed by atoms with Crippen LogP contribution >= 0.6 is 7.82 Å². The third-order valence-electron chi connectivity index (χ3n) is 12.0. The zero-order valence-electron chi connectivity index (χ0n) is 42.7. The van der Waals surface area contributed by atoms with E-state index < -0.39 is 26.5 Å². The maximum Gasteiger partial charge on any atom is 0.306 e. The van der Waals surface area contributed by atoms with Crippen LogP contribution in [0.1, 0.15) is 258 Å². The highest BCUT2D eigenvalue weighted by molar-refractivity contribution is 7.45. The minimum Gasteiger partial charge on any atom is -0.756 e. The van der Waals surface area contributed by atoms with Gasteiger partial charge in [0, 0.05) is 12.8 Å². The van der Waals surface area contributed by atoms with E-state index in [0.717, 1.165) is 64.2 Å². The number of allylic oxidation sites excluding steroid dienone is 4. The van der Waals surface area contributed by atoms with E-state index >= 15 is 0 Å². The van der Waals surface area contributed by atoms with Crippen LogP contribution in [0.4, 0.5) is 0 Å². The first kappa shape index (κ1) is 62.5. The first-order valence-corrected chi connectivity index (χ1v) is 28.5. The number of nitrogens with zero attached hydrogens (tertiary/aromatic N) is 1. The minimum absolute atomic E-state index is 0.0317. The van der Waals surface area contributed by atoms with E-state index in [-0.39, 0.29) is 32.0 Å². The molecule has 0 aromatic rings. The lowest BCUT2D eigenvalue weighted by molar-refractivity contribution is -0.870. The SMILES string of the molecule is CCC/C=C\C/C=C\CCCCCCCC(=O)OC(COC(=O)CCCCCCCCCCCCCCCCCCCCCCCCCCCCC)COP(=O)([O-])OCC[N+](C)(C)C. The zero-order chi connectivity index (χ0) is 47.1. The third-order valence-corrected chi connectivity index (χ3v) is 12.9. The first-order chi connectivity index (χ1) is 31.0. The maximum atomic E-state index is 12.7. The van der Waals surface area contributed by atoms with Crippen LogP contribution in [-0.4, -0.2) is 70.0 Å². The summed E-state index contributed by atoms with van der Waals surface area (Å²) in [5.74, 6) is -0.839. The summed E-state index contributed by atoms with van der Waals surface area (Å²) in [5.41, 5.74) is 0. The molecule has 2 atom stereocenters. The quantitative estimate of drug-likeness (QED) is 0.0195. The van der Waals surface area contributed by atoms with Crippen LogP contribution in [0.25, 0.3) is 0 Å². The van der Waals surface area contributed by atoms with Crippen molar-refractivity contribution in [2.45, 2.75) is 264 Å². The van der Waals surface area contributed by atoms with E-state index in [9.17, 15) is 19.0 Å². The van der Waals surface area contributed by atoms with Crippen molar-refractivity contribution in [1.82, 2.24) is 0 Å². The molecule has 0 saturated heterocycles. The second-order valence-corrected chi connectivity index (χ2v) is 21.0. The molecule has 0 heterocycles. The number of hydrogen-bond acceptors (Lipinski definition) is 8. The Bertz CT molecular complexity index is 1140. The van der Waals surface area contributed by atoms with Gasteiger partial charge in [-0.1, -0.05) is 231 Å². The Morgan fingerprint density at radius 3 is 1.30 bits per heavy atom. The minimum atomic E-state index is -4.63. The number of likely N-dealkylation sites (N-methyl/N-ethyl adjacent to an activating group) is 1. The highest BCUT2D eigenvalue weighted by Crippen LogP contribution is 2.38. The average molecular weight is 926 g/mol. The second kappa shape index (κ2) is 46.6. The van der Waals surface area contributed by atoms with E-state index in [2.05, 4.69) is 38.2 Å². The molecule has 64 heavy (non-hydrogen) atoms. The number of phosphoric ester groups is 1. The number of esters is 2.